The van der Waals surface area contributed by atoms with Crippen molar-refractivity contribution >= 4 is 59.6 Å². The van der Waals surface area contributed by atoms with Crippen LogP contribution in [0.15, 0.2) is 46.9 Å². The average molecular weight is 419 g/mol. The SMILES string of the molecule is Brc1cc2ccc3c(N4CCCC4)cc(N4CCCC4)c4ccc(c1)c2c34. The molecular weight excluding hydrogens is 396 g/mol. The largest absolute Gasteiger partial charge is 0.371 e. The van der Waals surface area contributed by atoms with Gasteiger partial charge in [-0.1, -0.05) is 40.2 Å². The van der Waals surface area contributed by atoms with Crippen LogP contribution in [0, 0.1) is 0 Å². The van der Waals surface area contributed by atoms with Crippen LogP contribution in [-0.4, -0.2) is 26.2 Å². The third-order valence-electron chi connectivity index (χ3n) is 6.53. The van der Waals surface area contributed by atoms with Gasteiger partial charge in [0.1, 0.15) is 0 Å². The van der Waals surface area contributed by atoms with Crippen LogP contribution in [-0.2, 0) is 0 Å². The first-order chi connectivity index (χ1) is 13.3. The number of hydrogen-bond acceptors (Lipinski definition) is 2. The van der Waals surface area contributed by atoms with Gasteiger partial charge in [0, 0.05) is 58.2 Å². The van der Waals surface area contributed by atoms with Crippen molar-refractivity contribution in [2.45, 2.75) is 25.7 Å². The van der Waals surface area contributed by atoms with E-state index in [1.165, 1.54) is 95.6 Å². The van der Waals surface area contributed by atoms with Crippen LogP contribution < -0.4 is 9.80 Å². The fourth-order valence-corrected chi connectivity index (χ4v) is 5.77. The summed E-state index contributed by atoms with van der Waals surface area (Å²) < 4.78 is 1.16. The predicted molar refractivity (Wildman–Crippen MR) is 121 cm³/mol. The van der Waals surface area contributed by atoms with Gasteiger partial charge < -0.3 is 9.80 Å². The lowest BCUT2D eigenvalue weighted by Gasteiger charge is -2.27. The second-order valence-electron chi connectivity index (χ2n) is 8.13. The summed E-state index contributed by atoms with van der Waals surface area (Å²) in [6.45, 7) is 4.76. The maximum atomic E-state index is 3.70. The molecule has 27 heavy (non-hydrogen) atoms. The summed E-state index contributed by atoms with van der Waals surface area (Å²) in [6, 6.07) is 16.4. The molecule has 2 aliphatic heterocycles. The highest BCUT2D eigenvalue weighted by molar-refractivity contribution is 9.10. The summed E-state index contributed by atoms with van der Waals surface area (Å²) in [7, 11) is 0. The summed E-state index contributed by atoms with van der Waals surface area (Å²) in [5.74, 6) is 0. The Hall–Kier alpha value is -2.00. The Morgan fingerprint density at radius 2 is 1.07 bits per heavy atom. The van der Waals surface area contributed by atoms with E-state index < -0.39 is 0 Å². The van der Waals surface area contributed by atoms with Crippen LogP contribution >= 0.6 is 15.9 Å². The van der Waals surface area contributed by atoms with Crippen molar-refractivity contribution < 1.29 is 0 Å². The van der Waals surface area contributed by atoms with Crippen LogP contribution in [0.1, 0.15) is 25.7 Å². The van der Waals surface area contributed by atoms with Crippen LogP contribution in [0.3, 0.4) is 0 Å². The van der Waals surface area contributed by atoms with E-state index in [9.17, 15) is 0 Å². The van der Waals surface area contributed by atoms with Gasteiger partial charge in [-0.25, -0.2) is 0 Å². The van der Waals surface area contributed by atoms with Crippen molar-refractivity contribution in [3.8, 4) is 0 Å². The molecule has 6 rings (SSSR count). The molecule has 2 heterocycles. The maximum Gasteiger partial charge on any atom is 0.0467 e. The van der Waals surface area contributed by atoms with E-state index in [1.54, 1.807) is 0 Å². The fraction of sp³-hybridized carbons (Fsp3) is 0.333. The first-order valence-electron chi connectivity index (χ1n) is 10.2. The van der Waals surface area contributed by atoms with Crippen molar-refractivity contribution in [1.82, 2.24) is 0 Å². The highest BCUT2D eigenvalue weighted by Gasteiger charge is 2.23. The minimum atomic E-state index is 1.16. The molecule has 0 N–H and O–H groups in total. The van der Waals surface area contributed by atoms with E-state index >= 15 is 0 Å². The quantitative estimate of drug-likeness (QED) is 0.340. The normalized spacial score (nSPS) is 18.0. The molecule has 4 aromatic rings. The Labute approximate surface area is 168 Å². The molecule has 2 nitrogen and oxygen atoms in total. The van der Waals surface area contributed by atoms with Crippen LogP contribution in [0.4, 0.5) is 11.4 Å². The Balaban J connectivity index is 1.76. The highest BCUT2D eigenvalue weighted by atomic mass is 79.9. The topological polar surface area (TPSA) is 6.48 Å². The van der Waals surface area contributed by atoms with Gasteiger partial charge in [-0.2, -0.15) is 0 Å². The summed E-state index contributed by atoms with van der Waals surface area (Å²) in [4.78, 5) is 5.22. The van der Waals surface area contributed by atoms with Gasteiger partial charge in [0.05, 0.1) is 0 Å². The summed E-state index contributed by atoms with van der Waals surface area (Å²) in [5, 5.41) is 8.41. The van der Waals surface area contributed by atoms with E-state index in [1.807, 2.05) is 0 Å². The highest BCUT2D eigenvalue weighted by Crippen LogP contribution is 2.45. The van der Waals surface area contributed by atoms with E-state index in [0.29, 0.717) is 0 Å². The predicted octanol–water partition coefficient (Wildman–Crippen LogP) is 6.55. The molecule has 0 unspecified atom stereocenters. The van der Waals surface area contributed by atoms with Crippen molar-refractivity contribution in [3.05, 3.63) is 46.9 Å². The lowest BCUT2D eigenvalue weighted by Crippen LogP contribution is -2.21. The first kappa shape index (κ1) is 16.0. The number of anilines is 2. The van der Waals surface area contributed by atoms with Crippen molar-refractivity contribution in [2.75, 3.05) is 36.0 Å². The van der Waals surface area contributed by atoms with Crippen molar-refractivity contribution in [1.29, 1.82) is 0 Å². The van der Waals surface area contributed by atoms with Gasteiger partial charge in [-0.3, -0.25) is 0 Å². The molecule has 0 amide bonds. The summed E-state index contributed by atoms with van der Waals surface area (Å²) >= 11 is 3.70. The zero-order chi connectivity index (χ0) is 18.0. The third kappa shape index (κ3) is 2.37. The molecule has 0 saturated carbocycles. The zero-order valence-electron chi connectivity index (χ0n) is 15.5. The molecule has 2 saturated heterocycles. The van der Waals surface area contributed by atoms with Gasteiger partial charge in [-0.05, 0) is 60.0 Å². The smallest absolute Gasteiger partial charge is 0.0467 e. The van der Waals surface area contributed by atoms with E-state index in [0.717, 1.165) is 4.47 Å². The number of halogens is 1. The maximum absolute atomic E-state index is 3.70. The van der Waals surface area contributed by atoms with Crippen molar-refractivity contribution in [3.63, 3.8) is 0 Å². The number of rotatable bonds is 2. The molecule has 136 valence electrons. The first-order valence-corrected chi connectivity index (χ1v) is 11.0. The molecule has 4 aromatic carbocycles. The van der Waals surface area contributed by atoms with Crippen molar-refractivity contribution in [2.24, 2.45) is 0 Å². The average Bonchev–Trinajstić information content (AvgIpc) is 3.39. The minimum absolute atomic E-state index is 1.16. The Kier molecular flexibility index (Phi) is 3.56. The van der Waals surface area contributed by atoms with Crippen LogP contribution in [0.5, 0.6) is 0 Å². The van der Waals surface area contributed by atoms with Gasteiger partial charge in [-0.15, -0.1) is 0 Å². The van der Waals surface area contributed by atoms with E-state index in [2.05, 4.69) is 68.2 Å². The fourth-order valence-electron chi connectivity index (χ4n) is 5.28. The lowest BCUT2D eigenvalue weighted by molar-refractivity contribution is 0.949. The Morgan fingerprint density at radius 3 is 1.56 bits per heavy atom. The molecule has 0 radical (unpaired) electrons. The molecule has 2 fully saturated rings. The minimum Gasteiger partial charge on any atom is -0.371 e. The van der Waals surface area contributed by atoms with Gasteiger partial charge in [0.2, 0.25) is 0 Å². The lowest BCUT2D eigenvalue weighted by atomic mass is 9.92. The van der Waals surface area contributed by atoms with Gasteiger partial charge >= 0.3 is 0 Å². The molecule has 0 spiro atoms. The summed E-state index contributed by atoms with van der Waals surface area (Å²) in [6.07, 6.45) is 5.25. The van der Waals surface area contributed by atoms with Crippen LogP contribution in [0.25, 0.3) is 32.3 Å². The molecule has 0 aromatic heterocycles. The second-order valence-corrected chi connectivity index (χ2v) is 9.05. The summed E-state index contributed by atoms with van der Waals surface area (Å²) in [5.41, 5.74) is 2.89. The number of benzene rings is 4. The number of nitrogens with zero attached hydrogens (tertiary/aromatic N) is 2. The number of hydrogen-bond donors (Lipinski definition) is 0. The van der Waals surface area contributed by atoms with Gasteiger partial charge in [0.25, 0.3) is 0 Å². The molecule has 2 aliphatic rings. The van der Waals surface area contributed by atoms with Gasteiger partial charge in [0.15, 0.2) is 0 Å². The molecule has 0 aliphatic carbocycles. The Bertz CT molecular complexity index is 1070. The van der Waals surface area contributed by atoms with E-state index in [4.69, 9.17) is 0 Å². The Morgan fingerprint density at radius 1 is 0.593 bits per heavy atom. The van der Waals surface area contributed by atoms with Crippen LogP contribution in [0.2, 0.25) is 0 Å². The second kappa shape index (κ2) is 6.00. The van der Waals surface area contributed by atoms with E-state index in [-0.39, 0.29) is 0 Å². The molecule has 0 bridgehead atoms. The molecular formula is C24H23BrN2. The zero-order valence-corrected chi connectivity index (χ0v) is 17.1. The molecule has 0 atom stereocenters. The monoisotopic (exact) mass is 418 g/mol. The molecule has 3 heteroatoms. The third-order valence-corrected chi connectivity index (χ3v) is 6.99. The standard InChI is InChI=1S/C24H23BrN2/c25-18-13-16-5-7-19-21(26-9-1-2-10-26)15-22(27-11-3-4-12-27)20-8-6-17(14-18)23(16)24(19)20/h5-8,13-15H,1-4,9-12H2.